The van der Waals surface area contributed by atoms with Gasteiger partial charge >= 0.3 is 5.97 Å². The Bertz CT molecular complexity index is 292. The van der Waals surface area contributed by atoms with Crippen LogP contribution < -0.4 is 5.32 Å². The molecule has 1 rings (SSSR count). The predicted octanol–water partition coefficient (Wildman–Crippen LogP) is 1.65. The van der Waals surface area contributed by atoms with Crippen LogP contribution in [-0.2, 0) is 9.53 Å². The van der Waals surface area contributed by atoms with Gasteiger partial charge in [-0.3, -0.25) is 4.79 Å². The third-order valence-electron chi connectivity index (χ3n) is 3.89. The fourth-order valence-electron chi connectivity index (χ4n) is 2.67. The van der Waals surface area contributed by atoms with E-state index in [2.05, 4.69) is 24.1 Å². The summed E-state index contributed by atoms with van der Waals surface area (Å²) in [5, 5.41) is 3.25. The van der Waals surface area contributed by atoms with Gasteiger partial charge in [-0.25, -0.2) is 0 Å². The van der Waals surface area contributed by atoms with E-state index in [1.165, 1.54) is 13.5 Å². The van der Waals surface area contributed by atoms with Gasteiger partial charge in [0.1, 0.15) is 5.54 Å². The van der Waals surface area contributed by atoms with Crippen LogP contribution in [0.1, 0.15) is 40.5 Å². The van der Waals surface area contributed by atoms with Crippen LogP contribution in [0.25, 0.3) is 0 Å². The number of likely N-dealkylation sites (tertiary alicyclic amines) is 1. The third kappa shape index (κ3) is 3.95. The van der Waals surface area contributed by atoms with Crippen LogP contribution in [0, 0.1) is 5.41 Å². The fourth-order valence-corrected chi connectivity index (χ4v) is 2.67. The molecule has 1 unspecified atom stereocenters. The van der Waals surface area contributed by atoms with E-state index < -0.39 is 5.54 Å². The van der Waals surface area contributed by atoms with Crippen molar-refractivity contribution in [3.63, 3.8) is 0 Å². The molecule has 0 saturated carbocycles. The van der Waals surface area contributed by atoms with E-state index in [0.717, 1.165) is 32.6 Å². The van der Waals surface area contributed by atoms with Gasteiger partial charge in [0.05, 0.1) is 7.11 Å². The number of hydrogen-bond donors (Lipinski definition) is 1. The Kier molecular flexibility index (Phi) is 5.17. The smallest absolute Gasteiger partial charge is 0.325 e. The molecule has 1 aliphatic heterocycles. The number of carbonyl (C=O) groups is 1. The number of nitrogens with one attached hydrogen (secondary N) is 1. The van der Waals surface area contributed by atoms with Crippen molar-refractivity contribution in [3.05, 3.63) is 0 Å². The quantitative estimate of drug-likeness (QED) is 0.734. The van der Waals surface area contributed by atoms with E-state index in [4.69, 9.17) is 4.74 Å². The Morgan fingerprint density at radius 2 is 2.17 bits per heavy atom. The van der Waals surface area contributed by atoms with Crippen molar-refractivity contribution < 1.29 is 9.53 Å². The lowest BCUT2D eigenvalue weighted by atomic mass is 9.93. The highest BCUT2D eigenvalue weighted by atomic mass is 16.5. The van der Waals surface area contributed by atoms with Gasteiger partial charge < -0.3 is 15.0 Å². The highest BCUT2D eigenvalue weighted by molar-refractivity contribution is 5.80. The first-order valence-corrected chi connectivity index (χ1v) is 6.89. The third-order valence-corrected chi connectivity index (χ3v) is 3.89. The molecule has 18 heavy (non-hydrogen) atoms. The summed E-state index contributed by atoms with van der Waals surface area (Å²) >= 11 is 0. The van der Waals surface area contributed by atoms with Gasteiger partial charge in [0, 0.05) is 13.1 Å². The Morgan fingerprint density at radius 3 is 2.61 bits per heavy atom. The number of rotatable bonds is 6. The first-order chi connectivity index (χ1) is 8.33. The Morgan fingerprint density at radius 1 is 1.50 bits per heavy atom. The molecule has 1 saturated heterocycles. The van der Waals surface area contributed by atoms with Gasteiger partial charge in [-0.1, -0.05) is 20.8 Å². The number of ether oxygens (including phenoxy) is 1. The van der Waals surface area contributed by atoms with E-state index in [9.17, 15) is 4.79 Å². The van der Waals surface area contributed by atoms with Crippen molar-refractivity contribution in [2.75, 3.05) is 33.3 Å². The number of methoxy groups -OCH3 is 1. The van der Waals surface area contributed by atoms with Crippen molar-refractivity contribution in [3.8, 4) is 0 Å². The number of carbonyl (C=O) groups excluding carboxylic acids is 1. The van der Waals surface area contributed by atoms with Gasteiger partial charge in [0.25, 0.3) is 0 Å². The van der Waals surface area contributed by atoms with E-state index >= 15 is 0 Å². The number of nitrogens with zero attached hydrogens (tertiary/aromatic N) is 1. The molecule has 106 valence electrons. The largest absolute Gasteiger partial charge is 0.468 e. The zero-order valence-corrected chi connectivity index (χ0v) is 12.5. The lowest BCUT2D eigenvalue weighted by Crippen LogP contribution is -2.51. The van der Waals surface area contributed by atoms with E-state index in [1.54, 1.807) is 0 Å². The van der Waals surface area contributed by atoms with Gasteiger partial charge in [-0.2, -0.15) is 0 Å². The second-order valence-corrected chi connectivity index (χ2v) is 6.29. The predicted molar refractivity (Wildman–Crippen MR) is 73.6 cm³/mol. The molecule has 4 nitrogen and oxygen atoms in total. The summed E-state index contributed by atoms with van der Waals surface area (Å²) in [7, 11) is 1.46. The molecular formula is C14H28N2O2. The molecule has 1 heterocycles. The number of hydrogen-bond acceptors (Lipinski definition) is 4. The van der Waals surface area contributed by atoms with Crippen LogP contribution in [0.15, 0.2) is 0 Å². The summed E-state index contributed by atoms with van der Waals surface area (Å²) in [6.45, 7) is 12.5. The highest BCUT2D eigenvalue weighted by Crippen LogP contribution is 2.29. The van der Waals surface area contributed by atoms with Crippen molar-refractivity contribution in [2.45, 2.75) is 46.1 Å². The molecule has 1 atom stereocenters. The zero-order valence-electron chi connectivity index (χ0n) is 12.5. The molecular weight excluding hydrogens is 228 g/mol. The molecule has 0 aliphatic carbocycles. The average molecular weight is 256 g/mol. The second kappa shape index (κ2) is 6.02. The topological polar surface area (TPSA) is 41.6 Å². The highest BCUT2D eigenvalue weighted by Gasteiger charge is 2.35. The van der Waals surface area contributed by atoms with Gasteiger partial charge in [-0.15, -0.1) is 0 Å². The maximum atomic E-state index is 11.9. The van der Waals surface area contributed by atoms with Crippen molar-refractivity contribution >= 4 is 5.97 Å². The fraction of sp³-hybridized carbons (Fsp3) is 0.929. The summed E-state index contributed by atoms with van der Waals surface area (Å²) in [5.74, 6) is -0.164. The van der Waals surface area contributed by atoms with Crippen molar-refractivity contribution in [1.29, 1.82) is 0 Å². The van der Waals surface area contributed by atoms with Crippen molar-refractivity contribution in [1.82, 2.24) is 10.2 Å². The molecule has 1 fully saturated rings. The minimum atomic E-state index is -0.559. The maximum Gasteiger partial charge on any atom is 0.325 e. The summed E-state index contributed by atoms with van der Waals surface area (Å²) < 4.78 is 4.90. The van der Waals surface area contributed by atoms with Crippen molar-refractivity contribution in [2.24, 2.45) is 5.41 Å². The molecule has 0 spiro atoms. The average Bonchev–Trinajstić information content (AvgIpc) is 2.66. The molecule has 0 aromatic heterocycles. The molecule has 0 aromatic rings. The first-order valence-electron chi connectivity index (χ1n) is 6.89. The number of likely N-dealkylation sites (N-methyl/N-ethyl adjacent to an activating group) is 1. The van der Waals surface area contributed by atoms with E-state index in [0.29, 0.717) is 5.41 Å². The van der Waals surface area contributed by atoms with Gasteiger partial charge in [0.15, 0.2) is 0 Å². The van der Waals surface area contributed by atoms with Gasteiger partial charge in [-0.05, 0) is 38.3 Å². The molecule has 0 bridgehead atoms. The lowest BCUT2D eigenvalue weighted by Gasteiger charge is -2.30. The van der Waals surface area contributed by atoms with Crippen LogP contribution in [0.2, 0.25) is 0 Å². The summed E-state index contributed by atoms with van der Waals surface area (Å²) in [6.07, 6.45) is 2.03. The SMILES string of the molecule is CCNC(C)(CCN1CCC(C)(C)C1)C(=O)OC. The molecule has 1 aliphatic rings. The summed E-state index contributed by atoms with van der Waals surface area (Å²) in [6, 6.07) is 0. The van der Waals surface area contributed by atoms with Crippen LogP contribution in [-0.4, -0.2) is 49.7 Å². The number of esters is 1. The van der Waals surface area contributed by atoms with Crippen LogP contribution in [0.4, 0.5) is 0 Å². The molecule has 0 aromatic carbocycles. The van der Waals surface area contributed by atoms with E-state index in [-0.39, 0.29) is 5.97 Å². The monoisotopic (exact) mass is 256 g/mol. The molecule has 0 radical (unpaired) electrons. The van der Waals surface area contributed by atoms with Crippen LogP contribution >= 0.6 is 0 Å². The minimum Gasteiger partial charge on any atom is -0.468 e. The standard InChI is InChI=1S/C14H28N2O2/c1-6-15-14(4,12(17)18-5)8-10-16-9-7-13(2,3)11-16/h15H,6-11H2,1-5H3. The molecule has 1 N–H and O–H groups in total. The van der Waals surface area contributed by atoms with Crippen LogP contribution in [0.3, 0.4) is 0 Å². The van der Waals surface area contributed by atoms with E-state index in [1.807, 2.05) is 13.8 Å². The molecule has 4 heteroatoms. The zero-order chi connectivity index (χ0) is 13.8. The Hall–Kier alpha value is -0.610. The molecule has 0 amide bonds. The Balaban J connectivity index is 2.50. The normalized spacial score (nSPS) is 22.7. The Labute approximate surface area is 111 Å². The minimum absolute atomic E-state index is 0.164. The lowest BCUT2D eigenvalue weighted by molar-refractivity contribution is -0.148. The first kappa shape index (κ1) is 15.4. The van der Waals surface area contributed by atoms with Gasteiger partial charge in [0.2, 0.25) is 0 Å². The van der Waals surface area contributed by atoms with Crippen LogP contribution in [0.5, 0.6) is 0 Å². The summed E-state index contributed by atoms with van der Waals surface area (Å²) in [4.78, 5) is 14.3. The summed E-state index contributed by atoms with van der Waals surface area (Å²) in [5.41, 5.74) is -0.143. The maximum absolute atomic E-state index is 11.9. The second-order valence-electron chi connectivity index (χ2n) is 6.29.